The number of aryl methyl sites for hydroxylation is 2. The van der Waals surface area contributed by atoms with Gasteiger partial charge in [-0.2, -0.15) is 5.10 Å². The highest BCUT2D eigenvalue weighted by molar-refractivity contribution is 5.77. The molecule has 0 atom stereocenters. The minimum atomic E-state index is 0.500. The van der Waals surface area contributed by atoms with Crippen LogP contribution in [0.2, 0.25) is 0 Å². The summed E-state index contributed by atoms with van der Waals surface area (Å²) in [6.45, 7) is 18.1. The number of hydrogen-bond acceptors (Lipinski definition) is 1. The molecule has 0 aliphatic rings. The molecular weight excluding hydrogens is 280 g/mol. The number of benzene rings is 1. The summed E-state index contributed by atoms with van der Waals surface area (Å²) in [5, 5.41) is 4.66. The Hall–Kier alpha value is -1.57. The lowest BCUT2D eigenvalue weighted by atomic mass is 9.81. The fourth-order valence-electron chi connectivity index (χ4n) is 3.38. The summed E-state index contributed by atoms with van der Waals surface area (Å²) in [5.41, 5.74) is 9.49. The second-order valence-corrected chi connectivity index (χ2v) is 7.71. The Kier molecular flexibility index (Phi) is 5.03. The van der Waals surface area contributed by atoms with Gasteiger partial charge in [0.15, 0.2) is 0 Å². The molecule has 1 heterocycles. The van der Waals surface area contributed by atoms with Crippen molar-refractivity contribution in [2.75, 3.05) is 0 Å². The van der Waals surface area contributed by atoms with Gasteiger partial charge in [0, 0.05) is 18.3 Å². The predicted molar refractivity (Wildman–Crippen MR) is 100 cm³/mol. The van der Waals surface area contributed by atoms with Crippen LogP contribution in [0.1, 0.15) is 87.4 Å². The van der Waals surface area contributed by atoms with Crippen molar-refractivity contribution in [2.24, 2.45) is 7.05 Å². The van der Waals surface area contributed by atoms with Crippen LogP contribution in [-0.4, -0.2) is 9.78 Å². The van der Waals surface area contributed by atoms with Crippen molar-refractivity contribution in [1.82, 2.24) is 9.78 Å². The van der Waals surface area contributed by atoms with Crippen LogP contribution < -0.4 is 0 Å². The molecule has 2 rings (SSSR count). The van der Waals surface area contributed by atoms with Crippen LogP contribution in [0, 0.1) is 13.8 Å². The zero-order valence-corrected chi connectivity index (χ0v) is 16.3. The van der Waals surface area contributed by atoms with E-state index in [-0.39, 0.29) is 0 Å². The van der Waals surface area contributed by atoms with Crippen LogP contribution in [0.15, 0.2) is 12.1 Å². The summed E-state index contributed by atoms with van der Waals surface area (Å²) in [6, 6.07) is 4.84. The van der Waals surface area contributed by atoms with Crippen molar-refractivity contribution < 1.29 is 0 Å². The first kappa shape index (κ1) is 17.8. The van der Waals surface area contributed by atoms with Crippen LogP contribution in [0.5, 0.6) is 0 Å². The van der Waals surface area contributed by atoms with E-state index in [9.17, 15) is 0 Å². The molecule has 0 saturated heterocycles. The summed E-state index contributed by atoms with van der Waals surface area (Å²) < 4.78 is 2.01. The molecule has 2 heteroatoms. The normalized spacial score (nSPS) is 12.0. The Morgan fingerprint density at radius 2 is 1.26 bits per heavy atom. The van der Waals surface area contributed by atoms with Gasteiger partial charge in [0.05, 0.1) is 5.69 Å². The summed E-state index contributed by atoms with van der Waals surface area (Å²) in [4.78, 5) is 0. The minimum absolute atomic E-state index is 0.500. The van der Waals surface area contributed by atoms with Crippen molar-refractivity contribution in [3.8, 4) is 11.1 Å². The number of rotatable bonds is 4. The van der Waals surface area contributed by atoms with Crippen LogP contribution in [0.3, 0.4) is 0 Å². The van der Waals surface area contributed by atoms with Gasteiger partial charge >= 0.3 is 0 Å². The zero-order valence-electron chi connectivity index (χ0n) is 16.3. The van der Waals surface area contributed by atoms with Gasteiger partial charge in [-0.05, 0) is 53.9 Å². The largest absolute Gasteiger partial charge is 0.272 e. The molecule has 23 heavy (non-hydrogen) atoms. The summed E-state index contributed by atoms with van der Waals surface area (Å²) in [6.07, 6.45) is 0. The van der Waals surface area contributed by atoms with Crippen molar-refractivity contribution in [2.45, 2.75) is 73.1 Å². The van der Waals surface area contributed by atoms with Crippen LogP contribution in [0.4, 0.5) is 0 Å². The second-order valence-electron chi connectivity index (χ2n) is 7.71. The van der Waals surface area contributed by atoms with E-state index in [1.54, 1.807) is 0 Å². The molecule has 0 spiro atoms. The zero-order chi connectivity index (χ0) is 17.5. The third-order valence-electron chi connectivity index (χ3n) is 4.89. The Labute approximate surface area is 141 Å². The first-order valence-corrected chi connectivity index (χ1v) is 8.83. The van der Waals surface area contributed by atoms with Gasteiger partial charge in [0.2, 0.25) is 0 Å². The van der Waals surface area contributed by atoms with Crippen molar-refractivity contribution >= 4 is 0 Å². The van der Waals surface area contributed by atoms with E-state index in [2.05, 4.69) is 72.6 Å². The highest BCUT2D eigenvalue weighted by Gasteiger charge is 2.22. The van der Waals surface area contributed by atoms with Gasteiger partial charge in [0.25, 0.3) is 0 Å². The highest BCUT2D eigenvalue weighted by atomic mass is 15.3. The third kappa shape index (κ3) is 3.22. The van der Waals surface area contributed by atoms with E-state index < -0.39 is 0 Å². The fraction of sp³-hybridized carbons (Fsp3) is 0.571. The minimum Gasteiger partial charge on any atom is -0.272 e. The van der Waals surface area contributed by atoms with E-state index in [4.69, 9.17) is 0 Å². The molecule has 0 amide bonds. The van der Waals surface area contributed by atoms with Gasteiger partial charge < -0.3 is 0 Å². The SMILES string of the molecule is Cc1nn(C)c(C)c1-c1c(C(C)C)cc(C(C)C)cc1C(C)C. The Morgan fingerprint density at radius 3 is 1.57 bits per heavy atom. The predicted octanol–water partition coefficient (Wildman–Crippen LogP) is 6.07. The standard InChI is InChI=1S/C21H32N2/c1-12(2)17-10-18(13(3)4)21(19(11-17)14(5)6)20-15(7)22-23(9)16(20)8/h10-14H,1-9H3. The van der Waals surface area contributed by atoms with E-state index >= 15 is 0 Å². The van der Waals surface area contributed by atoms with E-state index in [0.717, 1.165) is 5.69 Å². The molecule has 2 aromatic rings. The number of nitrogens with zero attached hydrogens (tertiary/aromatic N) is 2. The molecule has 0 aliphatic carbocycles. The Bertz CT molecular complexity index is 674. The fourth-order valence-corrected chi connectivity index (χ4v) is 3.38. The molecule has 0 aliphatic heterocycles. The quantitative estimate of drug-likeness (QED) is 0.669. The summed E-state index contributed by atoms with van der Waals surface area (Å²) in [7, 11) is 2.04. The number of aromatic nitrogens is 2. The maximum atomic E-state index is 4.66. The highest BCUT2D eigenvalue weighted by Crippen LogP contribution is 2.41. The van der Waals surface area contributed by atoms with Gasteiger partial charge in [-0.3, -0.25) is 4.68 Å². The molecular formula is C21H32N2. The van der Waals surface area contributed by atoms with Gasteiger partial charge in [-0.15, -0.1) is 0 Å². The van der Waals surface area contributed by atoms with Crippen molar-refractivity contribution in [3.05, 3.63) is 40.2 Å². The second kappa shape index (κ2) is 6.51. The summed E-state index contributed by atoms with van der Waals surface area (Å²) in [5.74, 6) is 1.55. The summed E-state index contributed by atoms with van der Waals surface area (Å²) >= 11 is 0. The molecule has 0 radical (unpaired) electrons. The van der Waals surface area contributed by atoms with Gasteiger partial charge in [0.1, 0.15) is 0 Å². The third-order valence-corrected chi connectivity index (χ3v) is 4.89. The first-order valence-electron chi connectivity index (χ1n) is 8.83. The lowest BCUT2D eigenvalue weighted by Crippen LogP contribution is -2.04. The van der Waals surface area contributed by atoms with Gasteiger partial charge in [-0.25, -0.2) is 0 Å². The number of hydrogen-bond donors (Lipinski definition) is 0. The molecule has 2 nitrogen and oxygen atoms in total. The molecule has 0 saturated carbocycles. The molecule has 0 unspecified atom stereocenters. The first-order chi connectivity index (χ1) is 10.6. The topological polar surface area (TPSA) is 17.8 Å². The lowest BCUT2D eigenvalue weighted by molar-refractivity contribution is 0.731. The molecule has 0 N–H and O–H groups in total. The van der Waals surface area contributed by atoms with Gasteiger partial charge in [-0.1, -0.05) is 53.7 Å². The molecule has 0 fully saturated rings. The van der Waals surface area contributed by atoms with Crippen molar-refractivity contribution in [3.63, 3.8) is 0 Å². The van der Waals surface area contributed by atoms with Crippen LogP contribution in [-0.2, 0) is 7.05 Å². The van der Waals surface area contributed by atoms with E-state index in [1.165, 1.54) is 33.5 Å². The molecule has 1 aromatic carbocycles. The Morgan fingerprint density at radius 1 is 0.783 bits per heavy atom. The van der Waals surface area contributed by atoms with E-state index in [0.29, 0.717) is 17.8 Å². The lowest BCUT2D eigenvalue weighted by Gasteiger charge is -2.23. The molecule has 1 aromatic heterocycles. The smallest absolute Gasteiger partial charge is 0.0675 e. The van der Waals surface area contributed by atoms with Crippen LogP contribution in [0.25, 0.3) is 11.1 Å². The molecule has 0 bridgehead atoms. The monoisotopic (exact) mass is 312 g/mol. The Balaban J connectivity index is 2.89. The van der Waals surface area contributed by atoms with Crippen molar-refractivity contribution in [1.29, 1.82) is 0 Å². The van der Waals surface area contributed by atoms with E-state index in [1.807, 2.05) is 11.7 Å². The average Bonchev–Trinajstić information content (AvgIpc) is 2.70. The molecule has 126 valence electrons. The van der Waals surface area contributed by atoms with Crippen LogP contribution >= 0.6 is 0 Å². The maximum absolute atomic E-state index is 4.66. The maximum Gasteiger partial charge on any atom is 0.0675 e. The average molecular weight is 313 g/mol.